The molecule has 0 N–H and O–H groups in total. The highest BCUT2D eigenvalue weighted by Crippen LogP contribution is 2.49. The molecular formula is C88H60N2. The molecule has 0 bridgehead atoms. The zero-order chi connectivity index (χ0) is 59.7. The maximum atomic E-state index is 2.46. The third-order valence-electron chi connectivity index (χ3n) is 17.7. The summed E-state index contributed by atoms with van der Waals surface area (Å²) in [6.45, 7) is 0. The highest BCUT2D eigenvalue weighted by molar-refractivity contribution is 6.28. The fraction of sp³-hybridized carbons (Fsp3) is 0. The molecule has 0 unspecified atom stereocenters. The number of anilines is 6. The second-order valence-corrected chi connectivity index (χ2v) is 23.3. The Morgan fingerprint density at radius 3 is 0.689 bits per heavy atom. The molecule has 0 aromatic heterocycles. The Hall–Kier alpha value is -11.8. The molecule has 16 aromatic carbocycles. The fourth-order valence-corrected chi connectivity index (χ4v) is 13.3. The summed E-state index contributed by atoms with van der Waals surface area (Å²) in [4.78, 5) is 4.93. The van der Waals surface area contributed by atoms with Crippen LogP contribution in [0.2, 0.25) is 0 Å². The quantitative estimate of drug-likeness (QED) is 0.100. The Kier molecular flexibility index (Phi) is 14.0. The Balaban J connectivity index is 0.872. The average Bonchev–Trinajstić information content (AvgIpc) is 0.749. The average molecular weight is 1150 g/mol. The molecule has 16 rings (SSSR count). The number of benzene rings is 16. The van der Waals surface area contributed by atoms with Crippen LogP contribution in [0.5, 0.6) is 0 Å². The van der Waals surface area contributed by atoms with Crippen LogP contribution in [0.3, 0.4) is 0 Å². The van der Waals surface area contributed by atoms with Gasteiger partial charge in [0, 0.05) is 33.5 Å². The van der Waals surface area contributed by atoms with Crippen molar-refractivity contribution in [1.29, 1.82) is 0 Å². The van der Waals surface area contributed by atoms with Crippen molar-refractivity contribution >= 4 is 66.4 Å². The van der Waals surface area contributed by atoms with Gasteiger partial charge in [-0.3, -0.25) is 0 Å². The summed E-state index contributed by atoms with van der Waals surface area (Å²) >= 11 is 0. The van der Waals surface area contributed by atoms with Crippen molar-refractivity contribution in [3.63, 3.8) is 0 Å². The van der Waals surface area contributed by atoms with Crippen LogP contribution < -0.4 is 9.80 Å². The molecular weight excluding hydrogens is 1080 g/mol. The van der Waals surface area contributed by atoms with Crippen LogP contribution in [0.15, 0.2) is 364 Å². The molecule has 0 radical (unpaired) electrons. The van der Waals surface area contributed by atoms with E-state index in [1.165, 1.54) is 99.1 Å². The van der Waals surface area contributed by atoms with E-state index in [1.807, 2.05) is 0 Å². The summed E-state index contributed by atoms with van der Waals surface area (Å²) in [6.07, 6.45) is 0. The molecule has 0 spiro atoms. The lowest BCUT2D eigenvalue weighted by atomic mass is 9.91. The molecule has 0 saturated carbocycles. The molecule has 90 heavy (non-hydrogen) atoms. The van der Waals surface area contributed by atoms with E-state index in [4.69, 9.17) is 0 Å². The number of rotatable bonds is 14. The van der Waals surface area contributed by atoms with Crippen LogP contribution in [-0.4, -0.2) is 0 Å². The van der Waals surface area contributed by atoms with Crippen molar-refractivity contribution in [2.75, 3.05) is 9.80 Å². The van der Waals surface area contributed by atoms with Crippen molar-refractivity contribution in [1.82, 2.24) is 0 Å². The second kappa shape index (κ2) is 23.4. The summed E-state index contributed by atoms with van der Waals surface area (Å²) in [5.41, 5.74) is 25.2. The van der Waals surface area contributed by atoms with E-state index in [9.17, 15) is 0 Å². The van der Waals surface area contributed by atoms with E-state index >= 15 is 0 Å². The lowest BCUT2D eigenvalue weighted by Gasteiger charge is -2.30. The van der Waals surface area contributed by atoms with Crippen LogP contribution in [-0.2, 0) is 0 Å². The summed E-state index contributed by atoms with van der Waals surface area (Å²) in [5.74, 6) is 0. The monoisotopic (exact) mass is 1140 g/mol. The van der Waals surface area contributed by atoms with E-state index in [0.29, 0.717) is 0 Å². The van der Waals surface area contributed by atoms with E-state index < -0.39 is 0 Å². The molecule has 0 amide bonds. The lowest BCUT2D eigenvalue weighted by Crippen LogP contribution is -2.11. The van der Waals surface area contributed by atoms with Gasteiger partial charge in [0.25, 0.3) is 0 Å². The van der Waals surface area contributed by atoms with Crippen molar-refractivity contribution < 1.29 is 0 Å². The maximum absolute atomic E-state index is 2.46. The molecule has 0 aliphatic heterocycles. The maximum Gasteiger partial charge on any atom is 0.0540 e. The predicted molar refractivity (Wildman–Crippen MR) is 383 cm³/mol. The first-order valence-corrected chi connectivity index (χ1v) is 30.9. The minimum Gasteiger partial charge on any atom is -0.310 e. The smallest absolute Gasteiger partial charge is 0.0540 e. The zero-order valence-corrected chi connectivity index (χ0v) is 49.5. The Labute approximate surface area is 526 Å². The number of nitrogens with zero attached hydrogens (tertiary/aromatic N) is 2. The minimum atomic E-state index is 1.07. The van der Waals surface area contributed by atoms with Gasteiger partial charge in [0.15, 0.2) is 0 Å². The molecule has 0 aliphatic rings. The van der Waals surface area contributed by atoms with Gasteiger partial charge in [-0.2, -0.15) is 0 Å². The van der Waals surface area contributed by atoms with E-state index in [0.717, 1.165) is 56.4 Å². The van der Waals surface area contributed by atoms with Crippen molar-refractivity contribution in [2.24, 2.45) is 0 Å². The first-order chi connectivity index (χ1) is 44.6. The highest BCUT2D eigenvalue weighted by Gasteiger charge is 2.24. The number of hydrogen-bond acceptors (Lipinski definition) is 2. The van der Waals surface area contributed by atoms with Crippen molar-refractivity contribution in [2.45, 2.75) is 0 Å². The van der Waals surface area contributed by atoms with Gasteiger partial charge < -0.3 is 9.80 Å². The summed E-state index contributed by atoms with van der Waals surface area (Å²) < 4.78 is 0. The second-order valence-electron chi connectivity index (χ2n) is 23.3. The number of hydrogen-bond donors (Lipinski definition) is 0. The van der Waals surface area contributed by atoms with Gasteiger partial charge in [0.1, 0.15) is 0 Å². The molecule has 0 saturated heterocycles. The molecule has 0 fully saturated rings. The van der Waals surface area contributed by atoms with Crippen LogP contribution in [0, 0.1) is 0 Å². The molecule has 2 heteroatoms. The molecule has 2 nitrogen and oxygen atoms in total. The summed E-state index contributed by atoms with van der Waals surface area (Å²) in [6, 6.07) is 133. The van der Waals surface area contributed by atoms with Crippen LogP contribution >= 0.6 is 0 Å². The zero-order valence-electron chi connectivity index (χ0n) is 49.5. The van der Waals surface area contributed by atoms with E-state index in [2.05, 4.69) is 374 Å². The molecule has 16 aromatic rings. The van der Waals surface area contributed by atoms with Gasteiger partial charge in [0.2, 0.25) is 0 Å². The van der Waals surface area contributed by atoms with Gasteiger partial charge in [-0.25, -0.2) is 0 Å². The summed E-state index contributed by atoms with van der Waals surface area (Å²) in [7, 11) is 0. The summed E-state index contributed by atoms with van der Waals surface area (Å²) in [5, 5.41) is 7.19. The van der Waals surface area contributed by atoms with Crippen molar-refractivity contribution in [3.05, 3.63) is 364 Å². The third kappa shape index (κ3) is 10.3. The molecule has 0 atom stereocenters. The van der Waals surface area contributed by atoms with Gasteiger partial charge in [-0.05, 0) is 208 Å². The first-order valence-electron chi connectivity index (χ1n) is 30.9. The van der Waals surface area contributed by atoms with Gasteiger partial charge in [-0.15, -0.1) is 0 Å². The van der Waals surface area contributed by atoms with Crippen LogP contribution in [0.4, 0.5) is 34.1 Å². The van der Waals surface area contributed by atoms with Crippen LogP contribution in [0.25, 0.3) is 121 Å². The SMILES string of the molecule is c1ccc(-c2ccc(N(c3cccc(-c4cc(-c5ccccc5)cc(-c5ccccc5)c4)c3)c3ccc4ccc5c(N(c6ccc(-c7ccccc7)cc6)c6cccc(-c7cc(-c8ccccc8)cc(-c8ccccc8)c7)c6)ccc6ccc3c4c65)cc2)cc1. The Morgan fingerprint density at radius 2 is 0.389 bits per heavy atom. The topological polar surface area (TPSA) is 6.48 Å². The minimum absolute atomic E-state index is 1.07. The normalized spacial score (nSPS) is 11.3. The van der Waals surface area contributed by atoms with Gasteiger partial charge in [-0.1, -0.05) is 267 Å². The lowest BCUT2D eigenvalue weighted by molar-refractivity contribution is 1.30. The Morgan fingerprint density at radius 1 is 0.144 bits per heavy atom. The molecule has 0 heterocycles. The van der Waals surface area contributed by atoms with E-state index in [-0.39, 0.29) is 0 Å². The third-order valence-corrected chi connectivity index (χ3v) is 17.7. The van der Waals surface area contributed by atoms with Crippen LogP contribution in [0.1, 0.15) is 0 Å². The molecule has 0 aliphatic carbocycles. The Bertz CT molecular complexity index is 4740. The van der Waals surface area contributed by atoms with Gasteiger partial charge in [0.05, 0.1) is 11.4 Å². The van der Waals surface area contributed by atoms with Gasteiger partial charge >= 0.3 is 0 Å². The largest absolute Gasteiger partial charge is 0.310 e. The standard InChI is InChI=1S/C88H60N2/c1-7-21-61(22-8-1)67-37-45-79(46-38-67)89(81-35-19-33-71(59-81)77-55-73(63-25-11-3-12-26-63)53-74(56-77)64-27-13-4-14-28-64)85-51-43-69-42-50-84-86(52-44-70-41-49-83(85)87(69)88(70)84)90(80-47-39-68(40-48-80)62-23-9-2-10-24-62)82-36-20-34-72(60-82)78-57-75(65-29-15-5-16-30-65)54-76(58-78)66-31-17-6-18-32-66/h1-60H. The molecule has 422 valence electrons. The highest BCUT2D eigenvalue weighted by atomic mass is 15.1. The first kappa shape index (κ1) is 53.6. The fourth-order valence-electron chi connectivity index (χ4n) is 13.3. The predicted octanol–water partition coefficient (Wildman–Crippen LogP) is 24.9. The van der Waals surface area contributed by atoms with Crippen molar-refractivity contribution in [3.8, 4) is 89.0 Å². The van der Waals surface area contributed by atoms with E-state index in [1.54, 1.807) is 0 Å².